The smallest absolute Gasteiger partial charge is 0.189 e. The van der Waals surface area contributed by atoms with Crippen molar-refractivity contribution < 1.29 is 14.3 Å². The van der Waals surface area contributed by atoms with Crippen LogP contribution < -0.4 is 4.74 Å². The lowest BCUT2D eigenvalue weighted by molar-refractivity contribution is 0.104. The van der Waals surface area contributed by atoms with Gasteiger partial charge in [0.05, 0.1) is 13.7 Å². The summed E-state index contributed by atoms with van der Waals surface area (Å²) in [6.07, 6.45) is 2.45. The van der Waals surface area contributed by atoms with Gasteiger partial charge in [-0.1, -0.05) is 24.3 Å². The number of carbonyl (C=O) groups excluding carboxylic acids is 1. The highest BCUT2D eigenvalue weighted by Gasteiger charge is 2.16. The van der Waals surface area contributed by atoms with Gasteiger partial charge in [-0.25, -0.2) is 0 Å². The monoisotopic (exact) mass is 280 g/mol. The first kappa shape index (κ1) is 13.4. The van der Waals surface area contributed by atoms with E-state index in [4.69, 9.17) is 9.47 Å². The van der Waals surface area contributed by atoms with Crippen LogP contribution in [0.4, 0.5) is 0 Å². The van der Waals surface area contributed by atoms with E-state index in [1.54, 1.807) is 37.5 Å². The Balaban J connectivity index is 1.89. The number of benzene rings is 2. The molecule has 0 N–H and O–H groups in total. The molecule has 1 aliphatic rings. The summed E-state index contributed by atoms with van der Waals surface area (Å²) in [5.41, 5.74) is 2.85. The first-order chi connectivity index (χ1) is 10.3. The Hall–Kier alpha value is -2.55. The zero-order chi connectivity index (χ0) is 14.7. The number of ether oxygens (including phenoxy) is 2. The lowest BCUT2D eigenvalue weighted by Gasteiger charge is -2.19. The third kappa shape index (κ3) is 2.82. The molecule has 21 heavy (non-hydrogen) atoms. The SMILES string of the molecule is COc1ccc(C(=O)/C=C2\OCCc3ccccc32)cc1. The maximum absolute atomic E-state index is 12.3. The van der Waals surface area contributed by atoms with Gasteiger partial charge in [0, 0.05) is 23.6 Å². The number of hydrogen-bond donors (Lipinski definition) is 0. The number of ketones is 1. The number of fused-ring (bicyclic) bond motifs is 1. The van der Waals surface area contributed by atoms with E-state index >= 15 is 0 Å². The molecule has 3 heteroatoms. The molecule has 3 nitrogen and oxygen atoms in total. The summed E-state index contributed by atoms with van der Waals surface area (Å²) in [4.78, 5) is 12.3. The summed E-state index contributed by atoms with van der Waals surface area (Å²) in [5, 5.41) is 0. The molecule has 0 saturated heterocycles. The van der Waals surface area contributed by atoms with Crippen LogP contribution in [0.2, 0.25) is 0 Å². The number of methoxy groups -OCH3 is 1. The summed E-state index contributed by atoms with van der Waals surface area (Å²) >= 11 is 0. The molecule has 2 aromatic carbocycles. The molecule has 0 unspecified atom stereocenters. The van der Waals surface area contributed by atoms with Crippen molar-refractivity contribution in [1.82, 2.24) is 0 Å². The fourth-order valence-corrected chi connectivity index (χ4v) is 2.40. The van der Waals surface area contributed by atoms with Gasteiger partial charge in [0.1, 0.15) is 11.5 Å². The van der Waals surface area contributed by atoms with Gasteiger partial charge in [0.2, 0.25) is 0 Å². The van der Waals surface area contributed by atoms with Crippen LogP contribution in [-0.2, 0) is 11.2 Å². The van der Waals surface area contributed by atoms with Gasteiger partial charge in [-0.05, 0) is 29.8 Å². The van der Waals surface area contributed by atoms with Gasteiger partial charge < -0.3 is 9.47 Å². The Morgan fingerprint density at radius 2 is 1.90 bits per heavy atom. The minimum Gasteiger partial charge on any atom is -0.497 e. The van der Waals surface area contributed by atoms with Crippen molar-refractivity contribution in [2.75, 3.05) is 13.7 Å². The number of rotatable bonds is 3. The Kier molecular flexibility index (Phi) is 3.73. The highest BCUT2D eigenvalue weighted by Crippen LogP contribution is 2.26. The van der Waals surface area contributed by atoms with Crippen molar-refractivity contribution in [3.8, 4) is 5.75 Å². The maximum atomic E-state index is 12.3. The van der Waals surface area contributed by atoms with E-state index in [0.29, 0.717) is 17.9 Å². The second-order valence-corrected chi connectivity index (χ2v) is 4.86. The lowest BCUT2D eigenvalue weighted by atomic mass is 9.99. The van der Waals surface area contributed by atoms with Crippen LogP contribution in [0.3, 0.4) is 0 Å². The molecule has 0 atom stereocenters. The van der Waals surface area contributed by atoms with Crippen molar-refractivity contribution in [2.24, 2.45) is 0 Å². The van der Waals surface area contributed by atoms with Gasteiger partial charge in [-0.3, -0.25) is 4.79 Å². The Labute approximate surface area is 123 Å². The summed E-state index contributed by atoms with van der Waals surface area (Å²) < 4.78 is 10.8. The molecule has 0 fully saturated rings. The third-order valence-corrected chi connectivity index (χ3v) is 3.55. The molecular formula is C18H16O3. The Morgan fingerprint density at radius 3 is 2.67 bits per heavy atom. The molecule has 1 aliphatic heterocycles. The number of allylic oxidation sites excluding steroid dienone is 1. The van der Waals surface area contributed by atoms with Crippen LogP contribution >= 0.6 is 0 Å². The summed E-state index contributed by atoms with van der Waals surface area (Å²) in [5.74, 6) is 1.32. The van der Waals surface area contributed by atoms with Crippen molar-refractivity contribution in [3.63, 3.8) is 0 Å². The highest BCUT2D eigenvalue weighted by molar-refractivity contribution is 6.08. The van der Waals surface area contributed by atoms with Crippen molar-refractivity contribution in [3.05, 3.63) is 71.3 Å². The second kappa shape index (κ2) is 5.83. The molecule has 106 valence electrons. The van der Waals surface area contributed by atoms with Crippen LogP contribution in [0.25, 0.3) is 5.76 Å². The predicted octanol–water partition coefficient (Wildman–Crippen LogP) is 3.49. The molecule has 0 aliphatic carbocycles. The molecule has 0 saturated carbocycles. The molecule has 0 amide bonds. The summed E-state index contributed by atoms with van der Waals surface area (Å²) in [7, 11) is 1.60. The zero-order valence-electron chi connectivity index (χ0n) is 11.8. The van der Waals surface area contributed by atoms with Gasteiger partial charge in [-0.2, -0.15) is 0 Å². The maximum Gasteiger partial charge on any atom is 0.189 e. The lowest BCUT2D eigenvalue weighted by Crippen LogP contribution is -2.10. The quantitative estimate of drug-likeness (QED) is 0.637. The molecule has 0 bridgehead atoms. The average molecular weight is 280 g/mol. The normalized spacial score (nSPS) is 15.2. The summed E-state index contributed by atoms with van der Waals surface area (Å²) in [6, 6.07) is 15.1. The highest BCUT2D eigenvalue weighted by atomic mass is 16.5. The molecule has 3 rings (SSSR count). The minimum atomic E-state index is -0.0654. The van der Waals surface area contributed by atoms with Crippen LogP contribution in [0.5, 0.6) is 5.75 Å². The van der Waals surface area contributed by atoms with Crippen LogP contribution in [-0.4, -0.2) is 19.5 Å². The van der Waals surface area contributed by atoms with E-state index in [2.05, 4.69) is 6.07 Å². The standard InChI is InChI=1S/C18H16O3/c1-20-15-8-6-14(7-9-15)17(19)12-18-16-5-3-2-4-13(16)10-11-21-18/h2-9,12H,10-11H2,1H3/b18-12-. The van der Waals surface area contributed by atoms with E-state index in [-0.39, 0.29) is 5.78 Å². The molecule has 0 spiro atoms. The molecule has 0 aromatic heterocycles. The first-order valence-corrected chi connectivity index (χ1v) is 6.89. The van der Waals surface area contributed by atoms with Gasteiger partial charge in [-0.15, -0.1) is 0 Å². The van der Waals surface area contributed by atoms with Crippen LogP contribution in [0.15, 0.2) is 54.6 Å². The van der Waals surface area contributed by atoms with Gasteiger partial charge in [0.15, 0.2) is 5.78 Å². The Bertz CT molecular complexity index is 684. The van der Waals surface area contributed by atoms with E-state index < -0.39 is 0 Å². The number of hydrogen-bond acceptors (Lipinski definition) is 3. The van der Waals surface area contributed by atoms with E-state index in [1.807, 2.05) is 18.2 Å². The molecular weight excluding hydrogens is 264 g/mol. The van der Waals surface area contributed by atoms with E-state index in [0.717, 1.165) is 17.7 Å². The third-order valence-electron chi connectivity index (χ3n) is 3.55. The average Bonchev–Trinajstić information content (AvgIpc) is 2.55. The second-order valence-electron chi connectivity index (χ2n) is 4.86. The van der Waals surface area contributed by atoms with Gasteiger partial charge in [0.25, 0.3) is 0 Å². The van der Waals surface area contributed by atoms with Crippen molar-refractivity contribution in [2.45, 2.75) is 6.42 Å². The first-order valence-electron chi connectivity index (χ1n) is 6.89. The number of carbonyl (C=O) groups is 1. The molecule has 1 heterocycles. The topological polar surface area (TPSA) is 35.5 Å². The van der Waals surface area contributed by atoms with Crippen molar-refractivity contribution in [1.29, 1.82) is 0 Å². The largest absolute Gasteiger partial charge is 0.497 e. The molecule has 0 radical (unpaired) electrons. The van der Waals surface area contributed by atoms with Crippen LogP contribution in [0.1, 0.15) is 21.5 Å². The van der Waals surface area contributed by atoms with Crippen molar-refractivity contribution >= 4 is 11.5 Å². The van der Waals surface area contributed by atoms with Gasteiger partial charge >= 0.3 is 0 Å². The van der Waals surface area contributed by atoms with E-state index in [9.17, 15) is 4.79 Å². The molecule has 2 aromatic rings. The fourth-order valence-electron chi connectivity index (χ4n) is 2.40. The Morgan fingerprint density at radius 1 is 1.14 bits per heavy atom. The fraction of sp³-hybridized carbons (Fsp3) is 0.167. The minimum absolute atomic E-state index is 0.0654. The summed E-state index contributed by atoms with van der Waals surface area (Å²) in [6.45, 7) is 0.610. The van der Waals surface area contributed by atoms with E-state index in [1.165, 1.54) is 5.56 Å². The van der Waals surface area contributed by atoms with Crippen LogP contribution in [0, 0.1) is 0 Å². The zero-order valence-corrected chi connectivity index (χ0v) is 11.8. The predicted molar refractivity (Wildman–Crippen MR) is 81.4 cm³/mol.